The number of rotatable bonds is 3. The second kappa shape index (κ2) is 5.10. The highest BCUT2D eigenvalue weighted by Gasteiger charge is 2.10. The number of aromatic nitrogens is 2. The SMILES string of the molecule is CNc1cc(-c2ccc(Cl)cc2OC)nc(N)n1. The minimum Gasteiger partial charge on any atom is -0.496 e. The molecule has 0 radical (unpaired) electrons. The predicted molar refractivity (Wildman–Crippen MR) is 73.0 cm³/mol. The zero-order valence-corrected chi connectivity index (χ0v) is 10.8. The summed E-state index contributed by atoms with van der Waals surface area (Å²) in [5.41, 5.74) is 7.16. The van der Waals surface area contributed by atoms with E-state index in [0.717, 1.165) is 5.56 Å². The van der Waals surface area contributed by atoms with Crippen LogP contribution in [0.2, 0.25) is 5.02 Å². The Kier molecular flexibility index (Phi) is 3.53. The summed E-state index contributed by atoms with van der Waals surface area (Å²) in [6.45, 7) is 0. The monoisotopic (exact) mass is 264 g/mol. The van der Waals surface area contributed by atoms with Crippen LogP contribution in [0.1, 0.15) is 0 Å². The third-order valence-electron chi connectivity index (χ3n) is 2.44. The first-order valence-electron chi connectivity index (χ1n) is 5.30. The van der Waals surface area contributed by atoms with Crippen LogP contribution in [0.3, 0.4) is 0 Å². The van der Waals surface area contributed by atoms with Crippen molar-refractivity contribution in [1.82, 2.24) is 9.97 Å². The van der Waals surface area contributed by atoms with Gasteiger partial charge in [0.05, 0.1) is 12.8 Å². The number of ether oxygens (including phenoxy) is 1. The minimum atomic E-state index is 0.203. The second-order valence-corrected chi connectivity index (χ2v) is 4.03. The molecule has 0 atom stereocenters. The summed E-state index contributed by atoms with van der Waals surface area (Å²) in [4.78, 5) is 8.23. The van der Waals surface area contributed by atoms with Gasteiger partial charge in [0.15, 0.2) is 0 Å². The Morgan fingerprint density at radius 1 is 1.28 bits per heavy atom. The molecule has 0 aliphatic rings. The zero-order valence-electron chi connectivity index (χ0n) is 10.1. The van der Waals surface area contributed by atoms with Crippen molar-refractivity contribution in [3.05, 3.63) is 29.3 Å². The smallest absolute Gasteiger partial charge is 0.222 e. The van der Waals surface area contributed by atoms with Crippen molar-refractivity contribution in [2.75, 3.05) is 25.2 Å². The first kappa shape index (κ1) is 12.4. The molecule has 18 heavy (non-hydrogen) atoms. The Bertz CT molecular complexity index is 574. The van der Waals surface area contributed by atoms with Crippen LogP contribution in [0.25, 0.3) is 11.3 Å². The van der Waals surface area contributed by atoms with Gasteiger partial charge in [0.2, 0.25) is 5.95 Å². The topological polar surface area (TPSA) is 73.1 Å². The van der Waals surface area contributed by atoms with Crippen LogP contribution in [0, 0.1) is 0 Å². The zero-order chi connectivity index (χ0) is 13.1. The minimum absolute atomic E-state index is 0.203. The summed E-state index contributed by atoms with van der Waals surface area (Å²) in [6.07, 6.45) is 0. The van der Waals surface area contributed by atoms with Gasteiger partial charge in [-0.3, -0.25) is 0 Å². The van der Waals surface area contributed by atoms with E-state index in [-0.39, 0.29) is 5.95 Å². The van der Waals surface area contributed by atoms with E-state index >= 15 is 0 Å². The summed E-state index contributed by atoms with van der Waals surface area (Å²) >= 11 is 5.92. The molecule has 0 fully saturated rings. The first-order valence-corrected chi connectivity index (χ1v) is 5.68. The molecule has 0 saturated carbocycles. The van der Waals surface area contributed by atoms with E-state index in [4.69, 9.17) is 22.1 Å². The number of nitrogen functional groups attached to an aromatic ring is 1. The van der Waals surface area contributed by atoms with Gasteiger partial charge in [-0.05, 0) is 18.2 Å². The van der Waals surface area contributed by atoms with Crippen LogP contribution in [0.5, 0.6) is 5.75 Å². The van der Waals surface area contributed by atoms with Gasteiger partial charge in [-0.1, -0.05) is 11.6 Å². The van der Waals surface area contributed by atoms with Crippen LogP contribution < -0.4 is 15.8 Å². The molecule has 1 aromatic heterocycles. The number of benzene rings is 1. The molecule has 1 heterocycles. The Balaban J connectivity index is 2.57. The summed E-state index contributed by atoms with van der Waals surface area (Å²) in [5, 5.41) is 3.53. The van der Waals surface area contributed by atoms with Crippen LogP contribution in [0.4, 0.5) is 11.8 Å². The Labute approximate surface area is 110 Å². The van der Waals surface area contributed by atoms with Crippen LogP contribution in [0.15, 0.2) is 24.3 Å². The van der Waals surface area contributed by atoms with Crippen molar-refractivity contribution in [2.45, 2.75) is 0 Å². The number of halogens is 1. The largest absolute Gasteiger partial charge is 0.496 e. The molecule has 0 spiro atoms. The van der Waals surface area contributed by atoms with Crippen molar-refractivity contribution >= 4 is 23.4 Å². The molecule has 0 aliphatic carbocycles. The average Bonchev–Trinajstić information content (AvgIpc) is 2.37. The van der Waals surface area contributed by atoms with Gasteiger partial charge >= 0.3 is 0 Å². The number of hydrogen-bond acceptors (Lipinski definition) is 5. The van der Waals surface area contributed by atoms with E-state index in [1.165, 1.54) is 0 Å². The van der Waals surface area contributed by atoms with E-state index in [1.807, 2.05) is 6.07 Å². The van der Waals surface area contributed by atoms with Crippen molar-refractivity contribution in [3.8, 4) is 17.0 Å². The van der Waals surface area contributed by atoms with Crippen molar-refractivity contribution in [3.63, 3.8) is 0 Å². The van der Waals surface area contributed by atoms with E-state index in [1.54, 1.807) is 32.4 Å². The van der Waals surface area contributed by atoms with E-state index in [2.05, 4.69) is 15.3 Å². The molecule has 0 amide bonds. The standard InChI is InChI=1S/C12H13ClN4O/c1-15-11-6-9(16-12(14)17-11)8-4-3-7(13)5-10(8)18-2/h3-6H,1-2H3,(H3,14,15,16,17). The molecule has 3 N–H and O–H groups in total. The predicted octanol–water partition coefficient (Wildman–Crippen LogP) is 2.43. The van der Waals surface area contributed by atoms with E-state index < -0.39 is 0 Å². The number of nitrogens with zero attached hydrogens (tertiary/aromatic N) is 2. The molecule has 0 aliphatic heterocycles. The van der Waals surface area contributed by atoms with Gasteiger partial charge in [-0.2, -0.15) is 4.98 Å². The average molecular weight is 265 g/mol. The second-order valence-electron chi connectivity index (χ2n) is 3.59. The molecule has 2 aromatic rings. The van der Waals surface area contributed by atoms with Crippen LogP contribution in [-0.4, -0.2) is 24.1 Å². The summed E-state index contributed by atoms with van der Waals surface area (Å²) in [5.74, 6) is 1.49. The summed E-state index contributed by atoms with van der Waals surface area (Å²) in [6, 6.07) is 7.13. The van der Waals surface area contributed by atoms with Gasteiger partial charge in [0, 0.05) is 23.7 Å². The van der Waals surface area contributed by atoms with E-state index in [9.17, 15) is 0 Å². The molecular weight excluding hydrogens is 252 g/mol. The van der Waals surface area contributed by atoms with Gasteiger partial charge < -0.3 is 15.8 Å². The fourth-order valence-corrected chi connectivity index (χ4v) is 1.77. The maximum atomic E-state index is 5.92. The number of nitrogens with one attached hydrogen (secondary N) is 1. The summed E-state index contributed by atoms with van der Waals surface area (Å²) in [7, 11) is 3.35. The normalized spacial score (nSPS) is 10.2. The quantitative estimate of drug-likeness (QED) is 0.891. The van der Waals surface area contributed by atoms with Crippen LogP contribution >= 0.6 is 11.6 Å². The highest BCUT2D eigenvalue weighted by atomic mass is 35.5. The summed E-state index contributed by atoms with van der Waals surface area (Å²) < 4.78 is 5.29. The molecule has 94 valence electrons. The lowest BCUT2D eigenvalue weighted by atomic mass is 10.1. The van der Waals surface area contributed by atoms with Crippen molar-refractivity contribution < 1.29 is 4.74 Å². The first-order chi connectivity index (χ1) is 8.63. The Hall–Kier alpha value is -2.01. The van der Waals surface area contributed by atoms with Gasteiger partial charge in [0.1, 0.15) is 11.6 Å². The van der Waals surface area contributed by atoms with Gasteiger partial charge in [0.25, 0.3) is 0 Å². The van der Waals surface area contributed by atoms with Crippen molar-refractivity contribution in [1.29, 1.82) is 0 Å². The molecule has 2 rings (SSSR count). The Morgan fingerprint density at radius 3 is 2.72 bits per heavy atom. The highest BCUT2D eigenvalue weighted by molar-refractivity contribution is 6.30. The number of hydrogen-bond donors (Lipinski definition) is 2. The molecule has 1 aromatic carbocycles. The number of anilines is 2. The lowest BCUT2D eigenvalue weighted by Gasteiger charge is -2.10. The highest BCUT2D eigenvalue weighted by Crippen LogP contribution is 2.32. The molecule has 6 heteroatoms. The number of methoxy groups -OCH3 is 1. The lowest BCUT2D eigenvalue weighted by molar-refractivity contribution is 0.416. The Morgan fingerprint density at radius 2 is 2.06 bits per heavy atom. The van der Waals surface area contributed by atoms with Gasteiger partial charge in [-0.15, -0.1) is 0 Å². The number of nitrogens with two attached hydrogens (primary N) is 1. The fourth-order valence-electron chi connectivity index (χ4n) is 1.61. The molecular formula is C12H13ClN4O. The molecule has 0 bridgehead atoms. The molecule has 0 unspecified atom stereocenters. The van der Waals surface area contributed by atoms with Crippen LogP contribution in [-0.2, 0) is 0 Å². The maximum Gasteiger partial charge on any atom is 0.222 e. The molecule has 5 nitrogen and oxygen atoms in total. The van der Waals surface area contributed by atoms with Gasteiger partial charge in [-0.25, -0.2) is 4.98 Å². The maximum absolute atomic E-state index is 5.92. The third kappa shape index (κ3) is 2.46. The fraction of sp³-hybridized carbons (Fsp3) is 0.167. The molecule has 0 saturated heterocycles. The lowest BCUT2D eigenvalue weighted by Crippen LogP contribution is -2.01. The van der Waals surface area contributed by atoms with Crippen molar-refractivity contribution in [2.24, 2.45) is 0 Å². The van der Waals surface area contributed by atoms with E-state index in [0.29, 0.717) is 22.3 Å². The third-order valence-corrected chi connectivity index (χ3v) is 2.67.